The van der Waals surface area contributed by atoms with Crippen LogP contribution in [0.5, 0.6) is 0 Å². The second kappa shape index (κ2) is 6.32. The Labute approximate surface area is 121 Å². The molecule has 3 atom stereocenters. The molecule has 0 saturated heterocycles. The van der Waals surface area contributed by atoms with Crippen LogP contribution in [0.25, 0.3) is 0 Å². The van der Waals surface area contributed by atoms with E-state index in [2.05, 4.69) is 48.3 Å². The lowest BCUT2D eigenvalue weighted by Gasteiger charge is -2.32. The summed E-state index contributed by atoms with van der Waals surface area (Å²) in [5, 5.41) is 3.86. The molecule has 1 saturated carbocycles. The minimum absolute atomic E-state index is 0.573. The van der Waals surface area contributed by atoms with Gasteiger partial charge in [0.1, 0.15) is 0 Å². The molecule has 1 aromatic carbocycles. The van der Waals surface area contributed by atoms with Crippen molar-refractivity contribution in [1.29, 1.82) is 0 Å². The first-order valence-corrected chi connectivity index (χ1v) is 8.89. The lowest BCUT2D eigenvalue weighted by molar-refractivity contribution is 0.242. The number of nitrogens with one attached hydrogen (secondary N) is 1. The van der Waals surface area contributed by atoms with E-state index in [1.165, 1.54) is 49.3 Å². The maximum Gasteiger partial charge on any atom is 0.0415 e. The van der Waals surface area contributed by atoms with Crippen molar-refractivity contribution in [1.82, 2.24) is 5.32 Å². The minimum Gasteiger partial charge on any atom is -0.309 e. The van der Waals surface area contributed by atoms with Crippen LogP contribution in [0, 0.1) is 11.8 Å². The molecule has 1 aliphatic carbocycles. The van der Waals surface area contributed by atoms with Crippen LogP contribution >= 0.6 is 11.8 Å². The highest BCUT2D eigenvalue weighted by Gasteiger charge is 2.24. The van der Waals surface area contributed by atoms with Crippen LogP contribution in [0.3, 0.4) is 0 Å². The lowest BCUT2D eigenvalue weighted by Crippen LogP contribution is -2.34. The zero-order valence-electron chi connectivity index (χ0n) is 11.9. The van der Waals surface area contributed by atoms with Gasteiger partial charge in [0.2, 0.25) is 0 Å². The fraction of sp³-hybridized carbons (Fsp3) is 0.647. The van der Waals surface area contributed by atoms with E-state index < -0.39 is 0 Å². The smallest absolute Gasteiger partial charge is 0.0415 e. The van der Waals surface area contributed by atoms with E-state index in [-0.39, 0.29) is 0 Å². The van der Waals surface area contributed by atoms with Gasteiger partial charge in [-0.25, -0.2) is 0 Å². The van der Waals surface area contributed by atoms with Crippen LogP contribution in [-0.4, -0.2) is 12.3 Å². The summed E-state index contributed by atoms with van der Waals surface area (Å²) in [6, 6.07) is 9.54. The topological polar surface area (TPSA) is 12.0 Å². The predicted molar refractivity (Wildman–Crippen MR) is 84.5 cm³/mol. The van der Waals surface area contributed by atoms with E-state index in [1.54, 1.807) is 5.56 Å². The third-order valence-corrected chi connectivity index (χ3v) is 5.97. The molecule has 1 aliphatic heterocycles. The van der Waals surface area contributed by atoms with Gasteiger partial charge in [0.25, 0.3) is 0 Å². The van der Waals surface area contributed by atoms with Gasteiger partial charge < -0.3 is 5.32 Å². The van der Waals surface area contributed by atoms with E-state index in [0.29, 0.717) is 6.04 Å². The van der Waals surface area contributed by atoms with Gasteiger partial charge in [-0.1, -0.05) is 50.5 Å². The highest BCUT2D eigenvalue weighted by Crippen LogP contribution is 2.33. The van der Waals surface area contributed by atoms with Crippen LogP contribution in [0.4, 0.5) is 0 Å². The summed E-state index contributed by atoms with van der Waals surface area (Å²) in [6.45, 7) is 3.65. The van der Waals surface area contributed by atoms with Gasteiger partial charge in [-0.05, 0) is 35.9 Å². The maximum atomic E-state index is 3.86. The molecule has 0 spiro atoms. The number of hydrogen-bond donors (Lipinski definition) is 1. The zero-order valence-corrected chi connectivity index (χ0v) is 12.7. The van der Waals surface area contributed by atoms with Gasteiger partial charge in [0, 0.05) is 17.5 Å². The molecular weight excluding hydrogens is 250 g/mol. The molecule has 2 aliphatic rings. The molecule has 104 valence electrons. The third kappa shape index (κ3) is 3.17. The number of hydrogen-bond acceptors (Lipinski definition) is 2. The average Bonchev–Trinajstić information content (AvgIpc) is 2.46. The summed E-state index contributed by atoms with van der Waals surface area (Å²) in [5.41, 5.74) is 3.08. The maximum absolute atomic E-state index is 3.86. The molecule has 3 unspecified atom stereocenters. The first kappa shape index (κ1) is 13.5. The van der Waals surface area contributed by atoms with Crippen molar-refractivity contribution < 1.29 is 0 Å². The van der Waals surface area contributed by atoms with Crippen molar-refractivity contribution in [3.05, 3.63) is 35.4 Å². The molecule has 1 aromatic rings. The van der Waals surface area contributed by atoms with Gasteiger partial charge >= 0.3 is 0 Å². The number of fused-ring (bicyclic) bond motifs is 1. The first-order valence-electron chi connectivity index (χ1n) is 7.73. The largest absolute Gasteiger partial charge is 0.309 e. The lowest BCUT2D eigenvalue weighted by atomic mass is 9.80. The Balaban J connectivity index is 1.61. The molecule has 19 heavy (non-hydrogen) atoms. The molecule has 2 heteroatoms. The Hall–Kier alpha value is -0.470. The molecule has 0 bridgehead atoms. The van der Waals surface area contributed by atoms with Crippen molar-refractivity contribution in [2.75, 3.05) is 12.3 Å². The summed E-state index contributed by atoms with van der Waals surface area (Å²) < 4.78 is 0. The molecule has 1 nitrogen and oxygen atoms in total. The standard InChI is InChI=1S/C17H25NS/c1-13-6-2-3-7-14(13)10-18-17-12-19-11-15-8-4-5-9-16(15)17/h4-5,8-9,13-14,17-18H,2-3,6-7,10-12H2,1H3. The zero-order chi connectivity index (χ0) is 13.1. The fourth-order valence-corrected chi connectivity index (χ4v) is 4.67. The van der Waals surface area contributed by atoms with E-state index in [4.69, 9.17) is 0 Å². The van der Waals surface area contributed by atoms with Crippen LogP contribution < -0.4 is 5.32 Å². The SMILES string of the molecule is CC1CCCCC1CNC1CSCc2ccccc21. The molecule has 0 aromatic heterocycles. The minimum atomic E-state index is 0.573. The van der Waals surface area contributed by atoms with Gasteiger partial charge in [0.15, 0.2) is 0 Å². The van der Waals surface area contributed by atoms with E-state index >= 15 is 0 Å². The predicted octanol–water partition coefficient (Wildman–Crippen LogP) is 4.39. The molecular formula is C17H25NS. The van der Waals surface area contributed by atoms with Gasteiger partial charge in [-0.3, -0.25) is 0 Å². The highest BCUT2D eigenvalue weighted by atomic mass is 32.2. The Morgan fingerprint density at radius 3 is 2.95 bits per heavy atom. The Morgan fingerprint density at radius 2 is 2.05 bits per heavy atom. The van der Waals surface area contributed by atoms with Crippen molar-refractivity contribution in [2.45, 2.75) is 44.4 Å². The van der Waals surface area contributed by atoms with Crippen molar-refractivity contribution in [3.63, 3.8) is 0 Å². The molecule has 0 amide bonds. The van der Waals surface area contributed by atoms with Crippen LogP contribution in [-0.2, 0) is 5.75 Å². The molecule has 1 N–H and O–H groups in total. The molecule has 1 fully saturated rings. The van der Waals surface area contributed by atoms with Gasteiger partial charge in [-0.2, -0.15) is 11.8 Å². The Morgan fingerprint density at radius 1 is 1.21 bits per heavy atom. The van der Waals surface area contributed by atoms with E-state index in [9.17, 15) is 0 Å². The van der Waals surface area contributed by atoms with E-state index in [1.807, 2.05) is 0 Å². The second-order valence-corrected chi connectivity index (χ2v) is 7.23. The van der Waals surface area contributed by atoms with Crippen molar-refractivity contribution in [2.24, 2.45) is 11.8 Å². The van der Waals surface area contributed by atoms with Crippen LogP contribution in [0.15, 0.2) is 24.3 Å². The van der Waals surface area contributed by atoms with Crippen molar-refractivity contribution in [3.8, 4) is 0 Å². The normalized spacial score (nSPS) is 30.9. The van der Waals surface area contributed by atoms with Gasteiger partial charge in [0.05, 0.1) is 0 Å². The number of rotatable bonds is 3. The van der Waals surface area contributed by atoms with Crippen LogP contribution in [0.2, 0.25) is 0 Å². The third-order valence-electron chi connectivity index (χ3n) is 4.89. The Bertz CT molecular complexity index is 417. The number of thioether (sulfide) groups is 1. The van der Waals surface area contributed by atoms with Crippen molar-refractivity contribution >= 4 is 11.8 Å². The van der Waals surface area contributed by atoms with E-state index in [0.717, 1.165) is 11.8 Å². The summed E-state index contributed by atoms with van der Waals surface area (Å²) >= 11 is 2.07. The summed E-state index contributed by atoms with van der Waals surface area (Å²) in [5.74, 6) is 4.23. The Kier molecular flexibility index (Phi) is 4.49. The van der Waals surface area contributed by atoms with Gasteiger partial charge in [-0.15, -0.1) is 0 Å². The molecule has 1 heterocycles. The monoisotopic (exact) mass is 275 g/mol. The average molecular weight is 275 g/mol. The fourth-order valence-electron chi connectivity index (χ4n) is 3.54. The summed E-state index contributed by atoms with van der Waals surface area (Å²) in [7, 11) is 0. The summed E-state index contributed by atoms with van der Waals surface area (Å²) in [6.07, 6.45) is 5.74. The quantitative estimate of drug-likeness (QED) is 0.878. The number of benzene rings is 1. The summed E-state index contributed by atoms with van der Waals surface area (Å²) in [4.78, 5) is 0. The molecule has 0 radical (unpaired) electrons. The first-order chi connectivity index (χ1) is 9.34. The molecule has 3 rings (SSSR count). The highest BCUT2D eigenvalue weighted by molar-refractivity contribution is 7.98. The second-order valence-electron chi connectivity index (χ2n) is 6.20. The van der Waals surface area contributed by atoms with Crippen LogP contribution in [0.1, 0.15) is 49.8 Å².